The Morgan fingerprint density at radius 3 is 0.594 bits per heavy atom. The Bertz CT molecular complexity index is 3250. The normalized spacial score (nSPS) is 14.4. The molecule has 0 saturated carbocycles. The third kappa shape index (κ3) is 106. The fraction of sp³-hybridized carbons (Fsp3) is 0.678. The number of phosphoric ester groups is 2. The third-order valence-electron chi connectivity index (χ3n) is 22.5. The molecule has 0 fully saturated rings. The lowest BCUT2D eigenvalue weighted by Crippen LogP contribution is -2.30. The summed E-state index contributed by atoms with van der Waals surface area (Å²) in [6, 6.07) is 0. The second kappa shape index (κ2) is 105. The first kappa shape index (κ1) is 127. The van der Waals surface area contributed by atoms with E-state index in [0.717, 1.165) is 180 Å². The molecular weight excluding hydrogens is 1700 g/mol. The van der Waals surface area contributed by atoms with Gasteiger partial charge in [-0.05, 0) is 167 Å². The van der Waals surface area contributed by atoms with E-state index in [4.69, 9.17) is 32.3 Å². The smallest absolute Gasteiger partial charge is 0.463 e. The number of rotatable bonds is 100. The van der Waals surface area contributed by atoms with Crippen LogP contribution in [0.4, 0.5) is 0 Å². The van der Waals surface area contributed by atoms with E-state index in [0.29, 0.717) is 19.3 Å². The summed E-state index contributed by atoms with van der Waals surface area (Å²) < 4.78 is 61.8. The highest BCUT2D eigenvalue weighted by atomic mass is 31.2. The van der Waals surface area contributed by atoms with Crippen molar-refractivity contribution in [1.29, 1.82) is 0 Å². The predicted octanol–water partition coefficient (Wildman–Crippen LogP) is 34.2. The Morgan fingerprint density at radius 2 is 0.376 bits per heavy atom. The SMILES string of the molecule is CC/C=C\C/C=C\C/C=C\C/C=C\C/C=C\C/C=C\CCCCCCCCCCCCCCCCCCC(=O)OCC(O)COP(=O)(O)OCC(O)COP(=O)(O)OCC(COC(=O)CCCCCCCCCCCCCCCCCCC/C=C\C/C=C\C/C=C\C/C=C\C/C=C\CC)OC(=O)CCCCCCCCCCCC/C=C\C/C=C\C/C=C\C/C=C\C/C=C\C/C=C\CC. The molecule has 0 aromatic heterocycles. The quantitative estimate of drug-likeness (QED) is 0.0146. The van der Waals surface area contributed by atoms with Gasteiger partial charge in [-0.1, -0.05) is 465 Å². The molecule has 133 heavy (non-hydrogen) atoms. The molecule has 5 atom stereocenters. The van der Waals surface area contributed by atoms with Gasteiger partial charge in [-0.15, -0.1) is 0 Å². The van der Waals surface area contributed by atoms with Crippen LogP contribution in [-0.2, 0) is 55.8 Å². The minimum Gasteiger partial charge on any atom is -0.463 e. The van der Waals surface area contributed by atoms with E-state index in [1.54, 1.807) is 0 Å². The molecule has 0 amide bonds. The van der Waals surface area contributed by atoms with E-state index < -0.39 is 91.5 Å². The van der Waals surface area contributed by atoms with Gasteiger partial charge < -0.3 is 34.2 Å². The zero-order valence-electron chi connectivity index (χ0n) is 84.4. The number of unbranched alkanes of at least 4 members (excludes halogenated alkanes) is 43. The lowest BCUT2D eigenvalue weighted by molar-refractivity contribution is -0.161. The molecule has 5 unspecified atom stereocenters. The van der Waals surface area contributed by atoms with Crippen molar-refractivity contribution < 1.29 is 75.8 Å². The molecule has 0 aromatic carbocycles. The number of allylic oxidation sites excluding steroid dienone is 34. The number of carbonyl (C=O) groups excluding carboxylic acids is 3. The molecule has 4 N–H and O–H groups in total. The van der Waals surface area contributed by atoms with E-state index in [1.807, 2.05) is 0 Å². The Morgan fingerprint density at radius 1 is 0.211 bits per heavy atom. The number of ether oxygens (including phenoxy) is 3. The van der Waals surface area contributed by atoms with E-state index in [-0.39, 0.29) is 19.3 Å². The first-order valence-corrected chi connectivity index (χ1v) is 56.4. The van der Waals surface area contributed by atoms with Gasteiger partial charge in [0.05, 0.1) is 26.4 Å². The van der Waals surface area contributed by atoms with Crippen molar-refractivity contribution >= 4 is 33.6 Å². The van der Waals surface area contributed by atoms with Crippen molar-refractivity contribution in [2.45, 2.75) is 463 Å². The first-order valence-electron chi connectivity index (χ1n) is 53.4. The number of carbonyl (C=O) groups is 3. The monoisotopic (exact) mass is 1890 g/mol. The number of aliphatic hydroxyl groups excluding tert-OH is 2. The van der Waals surface area contributed by atoms with Crippen molar-refractivity contribution in [3.63, 3.8) is 0 Å². The van der Waals surface area contributed by atoms with Crippen molar-refractivity contribution in [1.82, 2.24) is 0 Å². The summed E-state index contributed by atoms with van der Waals surface area (Å²) in [4.78, 5) is 59.3. The van der Waals surface area contributed by atoms with Gasteiger partial charge >= 0.3 is 33.6 Å². The molecule has 0 aromatic rings. The van der Waals surface area contributed by atoms with Crippen LogP contribution < -0.4 is 0 Å². The highest BCUT2D eigenvalue weighted by Gasteiger charge is 2.30. The standard InChI is InChI=1S/C115H194O16P2/c1-4-7-10-13-16-19-22-25-28-31-34-37-40-43-46-49-51-53-54-56-58-60-62-65-68-71-74-77-80-83-86-89-92-95-98-101-113(118)125-104-110(116)105-127-132(121,122)128-106-111(117)107-129-133(123,124)130-109-112(131-115(120)103-100-97-94-91-88-85-82-79-76-73-70-67-64-59-48-45-42-39-36-33-30-27-24-21-18-15-12-9-6-3)108-126-114(119)102-99-96-93-90-87-84-81-78-75-72-69-66-63-61-57-55-52-50-47-44-41-38-35-32-29-26-23-20-17-14-11-8-5-2/h7-12,16-21,25-30,34-39,43-48,51,53,64,67,110-112,116-117H,4-6,13-15,22-24,31-33,40-42,49-50,52,54-63,65-66,68-109H2,1-3H3,(H,121,122)(H,123,124)/b10-7-,11-8-,12-9-,19-16-,20-17-,21-18-,28-25-,29-26-,30-27-,37-34-,38-35-,39-36-,46-43-,47-44-,48-45-,53-51-,67-64-. The van der Waals surface area contributed by atoms with Gasteiger partial charge in [0.1, 0.15) is 25.4 Å². The number of phosphoric acid groups is 2. The summed E-state index contributed by atoms with van der Waals surface area (Å²) >= 11 is 0. The maximum absolute atomic E-state index is 13.1. The van der Waals surface area contributed by atoms with Crippen LogP contribution in [-0.4, -0.2) is 95.9 Å². The lowest BCUT2D eigenvalue weighted by Gasteiger charge is -2.21. The molecule has 18 heteroatoms. The van der Waals surface area contributed by atoms with Crippen LogP contribution in [0, 0.1) is 0 Å². The molecule has 0 aliphatic rings. The average molecular weight is 1890 g/mol. The van der Waals surface area contributed by atoms with Crippen molar-refractivity contribution in [2.24, 2.45) is 0 Å². The van der Waals surface area contributed by atoms with Gasteiger partial charge in [0.15, 0.2) is 6.10 Å². The fourth-order valence-corrected chi connectivity index (χ4v) is 16.1. The first-order chi connectivity index (χ1) is 65.2. The number of hydrogen-bond acceptors (Lipinski definition) is 14. The van der Waals surface area contributed by atoms with Crippen molar-refractivity contribution in [3.05, 3.63) is 207 Å². The summed E-state index contributed by atoms with van der Waals surface area (Å²) in [5, 5.41) is 20.8. The fourth-order valence-electron chi connectivity index (χ4n) is 14.6. The summed E-state index contributed by atoms with van der Waals surface area (Å²) in [7, 11) is -9.83. The van der Waals surface area contributed by atoms with Gasteiger partial charge in [0.2, 0.25) is 0 Å². The van der Waals surface area contributed by atoms with Crippen LogP contribution >= 0.6 is 15.6 Å². The molecule has 0 saturated heterocycles. The number of esters is 3. The second-order valence-electron chi connectivity index (χ2n) is 35.3. The zero-order valence-corrected chi connectivity index (χ0v) is 86.1. The zero-order chi connectivity index (χ0) is 96.4. The molecule has 16 nitrogen and oxygen atoms in total. The molecular formula is C115H194O16P2. The maximum Gasteiger partial charge on any atom is 0.472 e. The Labute approximate surface area is 813 Å². The highest BCUT2D eigenvalue weighted by Crippen LogP contribution is 2.45. The minimum atomic E-state index is -4.95. The number of hydrogen-bond donors (Lipinski definition) is 4. The van der Waals surface area contributed by atoms with Crippen molar-refractivity contribution in [2.75, 3.05) is 39.6 Å². The predicted molar refractivity (Wildman–Crippen MR) is 564 cm³/mol. The molecule has 0 radical (unpaired) electrons. The van der Waals surface area contributed by atoms with Crippen LogP contribution in [0.5, 0.6) is 0 Å². The number of aliphatic hydroxyl groups is 2. The lowest BCUT2D eigenvalue weighted by atomic mass is 10.0. The topological polar surface area (TPSA) is 231 Å². The molecule has 760 valence electrons. The molecule has 0 heterocycles. The Balaban J connectivity index is 4.61. The Kier molecular flexibility index (Phi) is 100. The van der Waals surface area contributed by atoms with Crippen LogP contribution in [0.25, 0.3) is 0 Å². The average Bonchev–Trinajstić information content (AvgIpc) is 0.896. The van der Waals surface area contributed by atoms with Gasteiger partial charge in [0, 0.05) is 19.3 Å². The minimum absolute atomic E-state index is 0.0946. The van der Waals surface area contributed by atoms with Crippen LogP contribution in [0.1, 0.15) is 445 Å². The van der Waals surface area contributed by atoms with Gasteiger partial charge in [-0.25, -0.2) is 9.13 Å². The second-order valence-corrected chi connectivity index (χ2v) is 38.2. The van der Waals surface area contributed by atoms with E-state index in [9.17, 15) is 43.5 Å². The van der Waals surface area contributed by atoms with Crippen LogP contribution in [0.3, 0.4) is 0 Å². The van der Waals surface area contributed by atoms with Gasteiger partial charge in [-0.2, -0.15) is 0 Å². The molecule has 0 spiro atoms. The van der Waals surface area contributed by atoms with Gasteiger partial charge in [0.25, 0.3) is 0 Å². The molecule has 0 aliphatic carbocycles. The summed E-state index contributed by atoms with van der Waals surface area (Å²) in [6.07, 6.45) is 143. The Hall–Kier alpha value is -5.87. The van der Waals surface area contributed by atoms with Crippen LogP contribution in [0.15, 0.2) is 207 Å². The summed E-state index contributed by atoms with van der Waals surface area (Å²) in [6.45, 7) is 2.41. The largest absolute Gasteiger partial charge is 0.472 e. The summed E-state index contributed by atoms with van der Waals surface area (Å²) in [5.74, 6) is -1.57. The van der Waals surface area contributed by atoms with Crippen LogP contribution in [0.2, 0.25) is 0 Å². The third-order valence-corrected chi connectivity index (χ3v) is 24.4. The highest BCUT2D eigenvalue weighted by molar-refractivity contribution is 7.47. The van der Waals surface area contributed by atoms with E-state index in [2.05, 4.69) is 227 Å². The van der Waals surface area contributed by atoms with Crippen molar-refractivity contribution in [3.8, 4) is 0 Å². The molecule has 0 aliphatic heterocycles. The van der Waals surface area contributed by atoms with E-state index >= 15 is 0 Å². The van der Waals surface area contributed by atoms with E-state index in [1.165, 1.54) is 205 Å². The summed E-state index contributed by atoms with van der Waals surface area (Å²) in [5.41, 5.74) is 0. The molecule has 0 bridgehead atoms. The molecule has 0 rings (SSSR count). The maximum atomic E-state index is 13.1. The van der Waals surface area contributed by atoms with Gasteiger partial charge in [-0.3, -0.25) is 32.5 Å².